The van der Waals surface area contributed by atoms with Crippen LogP contribution in [0, 0.1) is 4.21 Å². The van der Waals surface area contributed by atoms with E-state index in [0.717, 1.165) is 0 Å². The Hall–Kier alpha value is -1.39. The zero-order chi connectivity index (χ0) is 17.6. The summed E-state index contributed by atoms with van der Waals surface area (Å²) in [6, 6.07) is 0. The van der Waals surface area contributed by atoms with Crippen molar-refractivity contribution in [2.45, 2.75) is 38.2 Å². The summed E-state index contributed by atoms with van der Waals surface area (Å²) in [6.45, 7) is 0.766. The number of allylic oxidation sites excluding steroid dienone is 1. The number of aliphatic hydroxyl groups is 1. The number of nitrogens with zero attached hydrogens (tertiary/aromatic N) is 1. The average Bonchev–Trinajstić information content (AvgIpc) is 2.94. The number of carbonyl (C=O) groups excluding carboxylic acids is 2. The average molecular weight is 365 g/mol. The van der Waals surface area contributed by atoms with Crippen molar-refractivity contribution < 1.29 is 51.3 Å². The maximum absolute atomic E-state index is 11.9. The molecule has 9 nitrogen and oxygen atoms in total. The predicted octanol–water partition coefficient (Wildman–Crippen LogP) is -0.436. The van der Waals surface area contributed by atoms with Gasteiger partial charge in [0.15, 0.2) is 5.78 Å². The van der Waals surface area contributed by atoms with Gasteiger partial charge in [-0.25, -0.2) is 4.79 Å². The van der Waals surface area contributed by atoms with Crippen LogP contribution in [0.1, 0.15) is 19.8 Å². The van der Waals surface area contributed by atoms with Crippen molar-refractivity contribution in [3.05, 3.63) is 11.8 Å². The van der Waals surface area contributed by atoms with Gasteiger partial charge in [-0.15, -0.1) is 0 Å². The third-order valence-corrected chi connectivity index (χ3v) is 3.46. The summed E-state index contributed by atoms with van der Waals surface area (Å²) >= 11 is 1.56. The van der Waals surface area contributed by atoms with Crippen molar-refractivity contribution in [2.75, 3.05) is 13.2 Å². The van der Waals surface area contributed by atoms with Crippen molar-refractivity contribution in [3.8, 4) is 0 Å². The fourth-order valence-electron chi connectivity index (χ4n) is 2.35. The molecule has 0 aromatic heterocycles. The molecule has 23 heavy (non-hydrogen) atoms. The number of aliphatic carboxylic acids is 1. The van der Waals surface area contributed by atoms with Crippen molar-refractivity contribution >= 4 is 17.7 Å². The van der Waals surface area contributed by atoms with Gasteiger partial charge < -0.3 is 19.7 Å². The van der Waals surface area contributed by atoms with Crippen molar-refractivity contribution in [1.82, 2.24) is 4.90 Å². The number of hydrogen-bond donors (Lipinski definition) is 3. The van der Waals surface area contributed by atoms with E-state index in [9.17, 15) is 19.5 Å². The number of carboxylic acid groups (broad SMARTS) is 1. The van der Waals surface area contributed by atoms with E-state index in [1.165, 1.54) is 11.1 Å². The molecule has 3 unspecified atom stereocenters. The van der Waals surface area contributed by atoms with Gasteiger partial charge in [0.2, 0.25) is 5.91 Å². The first-order chi connectivity index (χ1) is 10.9. The van der Waals surface area contributed by atoms with E-state index in [1.807, 2.05) is 0 Å². The molecule has 0 aromatic rings. The van der Waals surface area contributed by atoms with E-state index in [2.05, 4.69) is 0 Å². The Morgan fingerprint density at radius 1 is 1.52 bits per heavy atom. The second kappa shape index (κ2) is 9.04. The van der Waals surface area contributed by atoms with Crippen LogP contribution in [0.25, 0.3) is 0 Å². The Morgan fingerprint density at radius 2 is 2.17 bits per heavy atom. The molecular weight excluding hydrogens is 347 g/mol. The Bertz CT molecular complexity index is 511. The van der Waals surface area contributed by atoms with Gasteiger partial charge in [-0.1, -0.05) is 0 Å². The van der Waals surface area contributed by atoms with Crippen LogP contribution in [0.2, 0.25) is 0 Å². The molecule has 127 valence electrons. The van der Waals surface area contributed by atoms with Gasteiger partial charge in [-0.05, 0) is 6.92 Å². The van der Waals surface area contributed by atoms with Crippen LogP contribution < -0.4 is 0 Å². The molecule has 0 spiro atoms. The predicted molar refractivity (Wildman–Crippen MR) is 70.7 cm³/mol. The van der Waals surface area contributed by atoms with Crippen LogP contribution >= 0.6 is 0 Å². The number of rotatable bonds is 5. The van der Waals surface area contributed by atoms with Crippen LogP contribution in [-0.2, 0) is 41.1 Å². The Kier molecular flexibility index (Phi) is 7.73. The molecule has 0 radical (unpaired) electrons. The zero-order valence-electron chi connectivity index (χ0n) is 12.5. The van der Waals surface area contributed by atoms with Gasteiger partial charge in [-0.2, -0.15) is 0 Å². The number of Topliss-reactive ketones (excluding diaryl/α,β-unsaturated/α-hetero) is 1. The molecule has 3 N–H and O–H groups in total. The van der Waals surface area contributed by atoms with Crippen LogP contribution in [0.3, 0.4) is 0 Å². The third-order valence-electron chi connectivity index (χ3n) is 3.46. The third kappa shape index (κ3) is 5.05. The minimum absolute atomic E-state index is 0.216. The van der Waals surface area contributed by atoms with E-state index in [4.69, 9.17) is 18.8 Å². The van der Waals surface area contributed by atoms with Gasteiger partial charge in [-0.3, -0.25) is 14.5 Å². The normalized spacial score (nSPS) is 27.3. The van der Waals surface area contributed by atoms with Crippen LogP contribution in [-0.4, -0.2) is 64.4 Å². The van der Waals surface area contributed by atoms with Gasteiger partial charge in [0.1, 0.15) is 18.9 Å². The fourth-order valence-corrected chi connectivity index (χ4v) is 2.35. The van der Waals surface area contributed by atoms with Gasteiger partial charge in [0.05, 0.1) is 19.1 Å². The Morgan fingerprint density at radius 3 is 2.74 bits per heavy atom. The second-order valence-electron chi connectivity index (χ2n) is 5.00. The number of amides is 1. The first-order valence-electron chi connectivity index (χ1n) is 6.77. The summed E-state index contributed by atoms with van der Waals surface area (Å²) in [5, 5.41) is 17.9. The summed E-state index contributed by atoms with van der Waals surface area (Å²) in [5.41, 5.74) is 0.452. The number of nitrogens with one attached hydrogen (secondary N) is 1. The fraction of sp³-hybridized carbons (Fsp3) is 0.615. The summed E-state index contributed by atoms with van der Waals surface area (Å²) in [7, 11) is 0. The van der Waals surface area contributed by atoms with E-state index in [1.54, 1.807) is 24.2 Å². The number of carbonyl (C=O) groups is 3. The maximum atomic E-state index is 11.9. The summed E-state index contributed by atoms with van der Waals surface area (Å²) in [5.74, 6) is -1.73. The molecule has 10 heteroatoms. The molecule has 1 fully saturated rings. The van der Waals surface area contributed by atoms with Crippen molar-refractivity contribution in [1.29, 1.82) is 4.21 Å². The molecule has 2 heterocycles. The number of ether oxygens (including phenoxy) is 2. The summed E-state index contributed by atoms with van der Waals surface area (Å²) in [6.07, 6.45) is -0.540. The standard InChI is InChI=1S/C13H17NO7.HN.V/c1-7-4-14(11(17)2-8(7)16)12-3-9(10(5-15)21-12)20-6-13(18)19;;/h4,9-10,12,15H,2-3,5-6H2,1H3,(H,18,19);1H;. The van der Waals surface area contributed by atoms with E-state index < -0.39 is 31.0 Å². The van der Waals surface area contributed by atoms with Gasteiger partial charge >= 0.3 is 27.4 Å². The molecule has 1 amide bonds. The SMILES string of the molecule is CC1=CN(C2CC(OCC(=O)O)C(CO)O2)C(=O)CC1=O.[NH]=[V]. The van der Waals surface area contributed by atoms with E-state index in [0.29, 0.717) is 5.57 Å². The number of ketones is 1. The van der Waals surface area contributed by atoms with E-state index in [-0.39, 0.29) is 31.1 Å². The molecule has 2 aliphatic rings. The van der Waals surface area contributed by atoms with Crippen molar-refractivity contribution in [2.24, 2.45) is 0 Å². The van der Waals surface area contributed by atoms with Crippen molar-refractivity contribution in [3.63, 3.8) is 0 Å². The van der Waals surface area contributed by atoms with Crippen LogP contribution in [0.15, 0.2) is 11.8 Å². The first kappa shape index (κ1) is 19.7. The monoisotopic (exact) mass is 365 g/mol. The molecule has 1 saturated heterocycles. The number of hydrogen-bond acceptors (Lipinski definition) is 7. The summed E-state index contributed by atoms with van der Waals surface area (Å²) < 4.78 is 16.4. The second-order valence-corrected chi connectivity index (χ2v) is 5.00. The Balaban J connectivity index is 0.00000127. The zero-order valence-corrected chi connectivity index (χ0v) is 13.9. The molecule has 0 saturated carbocycles. The first-order valence-corrected chi connectivity index (χ1v) is 7.47. The molecular formula is C13H18N2O7V. The van der Waals surface area contributed by atoms with Gasteiger partial charge in [0, 0.05) is 18.2 Å². The molecule has 2 rings (SSSR count). The number of carboxylic acids is 1. The quantitative estimate of drug-likeness (QED) is 0.562. The van der Waals surface area contributed by atoms with Crippen LogP contribution in [0.4, 0.5) is 0 Å². The number of aliphatic hydroxyl groups excluding tert-OH is 1. The molecule has 0 bridgehead atoms. The van der Waals surface area contributed by atoms with Crippen LogP contribution in [0.5, 0.6) is 0 Å². The molecule has 3 atom stereocenters. The Labute approximate surface area is 141 Å². The molecule has 0 aliphatic carbocycles. The molecule has 2 aliphatic heterocycles. The topological polar surface area (TPSA) is 137 Å². The summed E-state index contributed by atoms with van der Waals surface area (Å²) in [4.78, 5) is 35.2. The van der Waals surface area contributed by atoms with Gasteiger partial charge in [0.25, 0.3) is 0 Å². The molecule has 0 aromatic carbocycles. The van der Waals surface area contributed by atoms with E-state index >= 15 is 0 Å². The minimum atomic E-state index is -1.12.